The minimum atomic E-state index is 0.889. The molecule has 0 bridgehead atoms. The first kappa shape index (κ1) is 7.60. The Balaban J connectivity index is 1.93. The zero-order chi connectivity index (χ0) is 7.68. The molecule has 2 fully saturated rings. The van der Waals surface area contributed by atoms with Crippen molar-refractivity contribution >= 4 is 0 Å². The van der Waals surface area contributed by atoms with Gasteiger partial charge in [0.25, 0.3) is 0 Å². The van der Waals surface area contributed by atoms with Gasteiger partial charge in [0.1, 0.15) is 0 Å². The van der Waals surface area contributed by atoms with Crippen LogP contribution in [0.3, 0.4) is 0 Å². The number of fused-ring (bicyclic) bond motifs is 1. The lowest BCUT2D eigenvalue weighted by molar-refractivity contribution is 0.173. The first-order valence-corrected chi connectivity index (χ1v) is 5.09. The summed E-state index contributed by atoms with van der Waals surface area (Å²) in [5.74, 6) is 2.02. The number of nitrogens with one attached hydrogen (secondary N) is 1. The molecule has 0 aromatic rings. The molecule has 0 radical (unpaired) electrons. The Bertz CT molecular complexity index is 133. The summed E-state index contributed by atoms with van der Waals surface area (Å²) in [5, 5.41) is 3.64. The smallest absolute Gasteiger partial charge is 0.00955 e. The van der Waals surface area contributed by atoms with E-state index in [9.17, 15) is 0 Å². The maximum Gasteiger partial charge on any atom is 0.00955 e. The van der Waals surface area contributed by atoms with Gasteiger partial charge < -0.3 is 5.32 Å². The highest BCUT2D eigenvalue weighted by atomic mass is 14.9. The van der Waals surface area contributed by atoms with E-state index >= 15 is 0 Å². The Morgan fingerprint density at radius 1 is 1.18 bits per heavy atom. The van der Waals surface area contributed by atoms with Crippen LogP contribution >= 0.6 is 0 Å². The van der Waals surface area contributed by atoms with E-state index in [1.807, 2.05) is 0 Å². The second-order valence-electron chi connectivity index (χ2n) is 4.38. The number of rotatable bonds is 0. The first-order valence-electron chi connectivity index (χ1n) is 5.09. The molecule has 1 saturated carbocycles. The third kappa shape index (κ3) is 1.58. The maximum atomic E-state index is 3.64. The second-order valence-corrected chi connectivity index (χ2v) is 4.38. The van der Waals surface area contributed by atoms with Gasteiger partial charge in [-0.15, -0.1) is 0 Å². The van der Waals surface area contributed by atoms with Crippen LogP contribution in [-0.2, 0) is 0 Å². The van der Waals surface area contributed by atoms with E-state index in [1.54, 1.807) is 0 Å². The molecule has 2 aliphatic rings. The van der Waals surface area contributed by atoms with E-state index < -0.39 is 0 Å². The zero-order valence-corrected chi connectivity index (χ0v) is 7.47. The summed E-state index contributed by atoms with van der Waals surface area (Å²) < 4.78 is 0. The van der Waals surface area contributed by atoms with Crippen LogP contribution < -0.4 is 5.32 Å². The summed E-state index contributed by atoms with van der Waals surface area (Å²) in [6, 6.07) is 0.889. The highest BCUT2D eigenvalue weighted by Crippen LogP contribution is 2.33. The molecule has 11 heavy (non-hydrogen) atoms. The summed E-state index contributed by atoms with van der Waals surface area (Å²) in [6.07, 6.45) is 7.27. The average Bonchev–Trinajstić information content (AvgIpc) is 2.04. The molecule has 1 aliphatic heterocycles. The van der Waals surface area contributed by atoms with Crippen molar-refractivity contribution in [2.75, 3.05) is 6.54 Å². The summed E-state index contributed by atoms with van der Waals surface area (Å²) in [4.78, 5) is 0. The molecule has 0 aromatic heterocycles. The molecule has 1 saturated heterocycles. The number of piperidine rings is 1. The third-order valence-corrected chi connectivity index (χ3v) is 3.40. The Hall–Kier alpha value is -0.0400. The van der Waals surface area contributed by atoms with Crippen LogP contribution in [0.1, 0.15) is 39.0 Å². The predicted octanol–water partition coefficient (Wildman–Crippen LogP) is 2.17. The number of hydrogen-bond donors (Lipinski definition) is 1. The average molecular weight is 153 g/mol. The molecule has 0 aromatic carbocycles. The van der Waals surface area contributed by atoms with E-state index in [0.29, 0.717) is 0 Å². The number of hydrogen-bond acceptors (Lipinski definition) is 1. The fourth-order valence-corrected chi connectivity index (χ4v) is 2.74. The minimum absolute atomic E-state index is 0.889. The van der Waals surface area contributed by atoms with E-state index in [0.717, 1.165) is 17.9 Å². The van der Waals surface area contributed by atoms with Gasteiger partial charge in [0.05, 0.1) is 0 Å². The van der Waals surface area contributed by atoms with Crippen LogP contribution in [0.2, 0.25) is 0 Å². The molecule has 1 N–H and O–H groups in total. The van der Waals surface area contributed by atoms with Gasteiger partial charge in [0, 0.05) is 6.04 Å². The minimum Gasteiger partial charge on any atom is -0.314 e. The zero-order valence-electron chi connectivity index (χ0n) is 7.47. The van der Waals surface area contributed by atoms with Crippen LogP contribution in [0.15, 0.2) is 0 Å². The highest BCUT2D eigenvalue weighted by molar-refractivity contribution is 4.86. The Labute approximate surface area is 69.6 Å². The molecule has 0 amide bonds. The van der Waals surface area contributed by atoms with Gasteiger partial charge in [0.2, 0.25) is 0 Å². The van der Waals surface area contributed by atoms with Gasteiger partial charge in [-0.2, -0.15) is 0 Å². The van der Waals surface area contributed by atoms with E-state index in [2.05, 4.69) is 12.2 Å². The van der Waals surface area contributed by atoms with Crippen molar-refractivity contribution in [3.05, 3.63) is 0 Å². The van der Waals surface area contributed by atoms with Crippen molar-refractivity contribution in [3.8, 4) is 0 Å². The molecule has 0 spiro atoms. The van der Waals surface area contributed by atoms with Crippen LogP contribution in [0.5, 0.6) is 0 Å². The van der Waals surface area contributed by atoms with Gasteiger partial charge in [-0.1, -0.05) is 6.92 Å². The van der Waals surface area contributed by atoms with E-state index in [1.165, 1.54) is 38.6 Å². The normalized spacial score (nSPS) is 45.0. The van der Waals surface area contributed by atoms with Crippen LogP contribution in [-0.4, -0.2) is 12.6 Å². The quantitative estimate of drug-likeness (QED) is 0.562. The summed E-state index contributed by atoms with van der Waals surface area (Å²) in [6.45, 7) is 3.68. The third-order valence-electron chi connectivity index (χ3n) is 3.40. The maximum absolute atomic E-state index is 3.64. The topological polar surface area (TPSA) is 12.0 Å². The molecule has 1 heterocycles. The monoisotopic (exact) mass is 153 g/mol. The molecule has 0 unspecified atom stereocenters. The highest BCUT2D eigenvalue weighted by Gasteiger charge is 2.29. The Kier molecular flexibility index (Phi) is 2.17. The van der Waals surface area contributed by atoms with Crippen molar-refractivity contribution in [1.29, 1.82) is 0 Å². The van der Waals surface area contributed by atoms with Gasteiger partial charge in [-0.25, -0.2) is 0 Å². The van der Waals surface area contributed by atoms with Gasteiger partial charge in [0.15, 0.2) is 0 Å². The largest absolute Gasteiger partial charge is 0.314 e. The summed E-state index contributed by atoms with van der Waals surface area (Å²) >= 11 is 0. The summed E-state index contributed by atoms with van der Waals surface area (Å²) in [7, 11) is 0. The van der Waals surface area contributed by atoms with Gasteiger partial charge in [-0.3, -0.25) is 0 Å². The van der Waals surface area contributed by atoms with Crippen molar-refractivity contribution in [2.24, 2.45) is 11.8 Å². The summed E-state index contributed by atoms with van der Waals surface area (Å²) in [5.41, 5.74) is 0. The van der Waals surface area contributed by atoms with Crippen molar-refractivity contribution in [2.45, 2.75) is 45.1 Å². The molecule has 64 valence electrons. The molecule has 1 heteroatoms. The molecular formula is C10H19N. The fraction of sp³-hybridized carbons (Fsp3) is 1.00. The van der Waals surface area contributed by atoms with Gasteiger partial charge >= 0.3 is 0 Å². The molecule has 1 nitrogen and oxygen atoms in total. The van der Waals surface area contributed by atoms with Crippen molar-refractivity contribution in [3.63, 3.8) is 0 Å². The van der Waals surface area contributed by atoms with E-state index in [-0.39, 0.29) is 0 Å². The lowest BCUT2D eigenvalue weighted by Gasteiger charge is -2.38. The SMILES string of the molecule is C[C@@H]1CC[C@H]2NCCC[C@H]2C1. The second kappa shape index (κ2) is 3.14. The van der Waals surface area contributed by atoms with Crippen molar-refractivity contribution < 1.29 is 0 Å². The molecule has 3 atom stereocenters. The van der Waals surface area contributed by atoms with Crippen LogP contribution in [0.4, 0.5) is 0 Å². The van der Waals surface area contributed by atoms with Crippen LogP contribution in [0.25, 0.3) is 0 Å². The standard InChI is InChI=1S/C10H19N/c1-8-4-5-10-9(7-8)3-2-6-11-10/h8-11H,2-7H2,1H3/t8-,9+,10-/m1/s1. The Morgan fingerprint density at radius 2 is 2.09 bits per heavy atom. The molecule has 2 rings (SSSR count). The Morgan fingerprint density at radius 3 is 3.00 bits per heavy atom. The van der Waals surface area contributed by atoms with Gasteiger partial charge in [-0.05, 0) is 50.5 Å². The molecule has 1 aliphatic carbocycles. The predicted molar refractivity (Wildman–Crippen MR) is 47.5 cm³/mol. The molecular weight excluding hydrogens is 134 g/mol. The first-order chi connectivity index (χ1) is 5.36. The van der Waals surface area contributed by atoms with Crippen molar-refractivity contribution in [1.82, 2.24) is 5.32 Å². The van der Waals surface area contributed by atoms with Crippen LogP contribution in [0, 0.1) is 11.8 Å². The lowest BCUT2D eigenvalue weighted by Crippen LogP contribution is -2.44. The van der Waals surface area contributed by atoms with E-state index in [4.69, 9.17) is 0 Å². The fourth-order valence-electron chi connectivity index (χ4n) is 2.74. The lowest BCUT2D eigenvalue weighted by atomic mass is 9.75.